The second kappa shape index (κ2) is 12.9. The maximum Gasteiger partial charge on any atom is 0.341 e. The molecule has 2 fully saturated rings. The topological polar surface area (TPSA) is 216 Å². The van der Waals surface area contributed by atoms with Gasteiger partial charge in [0.25, 0.3) is 20.2 Å². The number of halogens is 3. The van der Waals surface area contributed by atoms with Gasteiger partial charge in [0.15, 0.2) is 0 Å². The summed E-state index contributed by atoms with van der Waals surface area (Å²) in [6, 6.07) is 3.80. The molecular weight excluding hydrogens is 637 g/mol. The number of aromatic nitrogens is 1. The molecule has 44 heavy (non-hydrogen) atoms. The van der Waals surface area contributed by atoms with Gasteiger partial charge in [0, 0.05) is 43.0 Å². The highest BCUT2D eigenvalue weighted by Gasteiger charge is 2.50. The van der Waals surface area contributed by atoms with Gasteiger partial charge in [0.05, 0.1) is 46.8 Å². The summed E-state index contributed by atoms with van der Waals surface area (Å²) in [6.07, 6.45) is 2.42. The Morgan fingerprint density at radius 1 is 1.05 bits per heavy atom. The van der Waals surface area contributed by atoms with Gasteiger partial charge < -0.3 is 25.1 Å². The fourth-order valence-corrected chi connectivity index (χ4v) is 4.74. The minimum Gasteiger partial charge on any atom is -0.477 e. The number of hydrogen-bond acceptors (Lipinski definition) is 10. The summed E-state index contributed by atoms with van der Waals surface area (Å²) in [6.45, 7) is 1.73. The average molecular weight is 665 g/mol. The largest absolute Gasteiger partial charge is 0.477 e. The van der Waals surface area contributed by atoms with Crippen molar-refractivity contribution < 1.29 is 53.9 Å². The van der Waals surface area contributed by atoms with Crippen molar-refractivity contribution in [3.8, 4) is 11.1 Å². The van der Waals surface area contributed by atoms with Crippen LogP contribution in [-0.4, -0.2) is 93.5 Å². The third kappa shape index (κ3) is 8.11. The lowest BCUT2D eigenvalue weighted by Gasteiger charge is -2.39. The Balaban J connectivity index is 0.000000461. The number of carboxylic acid groups (broad SMARTS) is 1. The Bertz CT molecular complexity index is 1870. The number of pyridine rings is 1. The van der Waals surface area contributed by atoms with Crippen molar-refractivity contribution in [2.45, 2.75) is 0 Å². The highest BCUT2D eigenvalue weighted by molar-refractivity contribution is 7.85. The molecule has 0 bridgehead atoms. The molecule has 0 unspecified atom stereocenters. The van der Waals surface area contributed by atoms with E-state index in [0.29, 0.717) is 43.9 Å². The van der Waals surface area contributed by atoms with Gasteiger partial charge >= 0.3 is 5.97 Å². The number of nitrogens with one attached hydrogen (secondary N) is 2. The number of hydrogen-bond donors (Lipinski definition) is 5. The van der Waals surface area contributed by atoms with Gasteiger partial charge in [0.1, 0.15) is 30.1 Å². The molecule has 0 aliphatic carbocycles. The first-order valence-electron chi connectivity index (χ1n) is 12.2. The number of fused-ring (bicyclic) bond motifs is 1. The van der Waals surface area contributed by atoms with Crippen LogP contribution in [0.3, 0.4) is 0 Å². The summed E-state index contributed by atoms with van der Waals surface area (Å²) in [5.41, 5.74) is -1.33. The maximum atomic E-state index is 15.7. The normalized spacial score (nSPS) is 16.5. The van der Waals surface area contributed by atoms with E-state index in [1.54, 1.807) is 4.90 Å². The zero-order valence-electron chi connectivity index (χ0n) is 23.3. The highest BCUT2D eigenvalue weighted by Crippen LogP contribution is 2.44. The number of anilines is 1. The standard InChI is InChI=1S/C23H19F3N4O4.2CH4O3S/c1-34-29-17-7-30(10-23(17)8-27-9-23)20-16(26)5-13-19(28-6-14(21(13)31)22(32)33)18(20)12-3-2-11(24)4-15(12)25;2*1-5(2,3)4/h2-6,27H,7-10H2,1H3,(H,28,31)(H,32,33);2*1H3,(H,2,3,4). The average Bonchev–Trinajstić information content (AvgIpc) is 3.22. The van der Waals surface area contributed by atoms with Crippen molar-refractivity contribution in [1.29, 1.82) is 0 Å². The van der Waals surface area contributed by atoms with Gasteiger partial charge in [-0.25, -0.2) is 18.0 Å². The van der Waals surface area contributed by atoms with Crippen LogP contribution in [0.2, 0.25) is 0 Å². The third-order valence-corrected chi connectivity index (χ3v) is 6.43. The summed E-state index contributed by atoms with van der Waals surface area (Å²) >= 11 is 0. The number of carboxylic acids is 1. The van der Waals surface area contributed by atoms with Gasteiger partial charge in [-0.05, 0) is 18.2 Å². The first-order chi connectivity index (χ1) is 20.3. The van der Waals surface area contributed by atoms with E-state index in [1.807, 2.05) is 0 Å². The minimum atomic E-state index is -3.67. The van der Waals surface area contributed by atoms with E-state index < -0.39 is 60.1 Å². The Labute approximate surface area is 248 Å². The minimum absolute atomic E-state index is 0.00990. The van der Waals surface area contributed by atoms with Crippen LogP contribution >= 0.6 is 0 Å². The number of aromatic amines is 1. The summed E-state index contributed by atoms with van der Waals surface area (Å²) < 4.78 is 96.1. The number of benzene rings is 2. The zero-order valence-corrected chi connectivity index (χ0v) is 24.9. The fraction of sp³-hybridized carbons (Fsp3) is 0.320. The summed E-state index contributed by atoms with van der Waals surface area (Å²) in [5.74, 6) is -4.11. The molecule has 0 atom stereocenters. The monoisotopic (exact) mass is 664 g/mol. The quantitative estimate of drug-likeness (QED) is 0.199. The molecule has 1 aromatic heterocycles. The molecule has 240 valence electrons. The highest BCUT2D eigenvalue weighted by atomic mass is 32.2. The molecule has 0 radical (unpaired) electrons. The van der Waals surface area contributed by atoms with Gasteiger partial charge in [-0.3, -0.25) is 13.9 Å². The molecule has 19 heteroatoms. The van der Waals surface area contributed by atoms with Crippen LogP contribution in [0.4, 0.5) is 18.9 Å². The Morgan fingerprint density at radius 3 is 2.11 bits per heavy atom. The van der Waals surface area contributed by atoms with E-state index in [4.69, 9.17) is 13.9 Å². The van der Waals surface area contributed by atoms with Crippen LogP contribution in [0.1, 0.15) is 10.4 Å². The number of carbonyl (C=O) groups is 1. The molecule has 2 aliphatic heterocycles. The van der Waals surface area contributed by atoms with E-state index in [0.717, 1.165) is 24.4 Å². The molecule has 5 rings (SSSR count). The van der Waals surface area contributed by atoms with Gasteiger partial charge in [-0.2, -0.15) is 16.8 Å². The number of rotatable bonds is 4. The Hall–Kier alpha value is -4.04. The molecular formula is C25H27F3N4O10S2. The summed E-state index contributed by atoms with van der Waals surface area (Å²) in [5, 5.41) is 16.3. The molecule has 1 spiro atoms. The van der Waals surface area contributed by atoms with Crippen molar-refractivity contribution in [3.05, 3.63) is 63.7 Å². The third-order valence-electron chi connectivity index (χ3n) is 6.43. The van der Waals surface area contributed by atoms with Crippen LogP contribution in [0.5, 0.6) is 0 Å². The number of H-pyrrole nitrogens is 1. The van der Waals surface area contributed by atoms with Crippen LogP contribution in [0.15, 0.2) is 40.4 Å². The van der Waals surface area contributed by atoms with Crippen molar-refractivity contribution >= 4 is 48.5 Å². The van der Waals surface area contributed by atoms with Crippen LogP contribution < -0.4 is 15.6 Å². The molecule has 14 nitrogen and oxygen atoms in total. The zero-order chi connectivity index (χ0) is 33.2. The van der Waals surface area contributed by atoms with E-state index in [-0.39, 0.29) is 34.3 Å². The van der Waals surface area contributed by atoms with Gasteiger partial charge in [0.2, 0.25) is 5.43 Å². The van der Waals surface area contributed by atoms with Crippen molar-refractivity contribution in [2.75, 3.05) is 50.7 Å². The predicted molar refractivity (Wildman–Crippen MR) is 154 cm³/mol. The van der Waals surface area contributed by atoms with Crippen LogP contribution in [-0.2, 0) is 25.1 Å². The fourth-order valence-electron chi connectivity index (χ4n) is 4.74. The predicted octanol–water partition coefficient (Wildman–Crippen LogP) is 1.73. The van der Waals surface area contributed by atoms with Gasteiger partial charge in [-0.1, -0.05) is 5.16 Å². The summed E-state index contributed by atoms with van der Waals surface area (Å²) in [7, 11) is -5.92. The van der Waals surface area contributed by atoms with E-state index in [1.165, 1.54) is 7.11 Å². The lowest BCUT2D eigenvalue weighted by molar-refractivity contribution is 0.0695. The van der Waals surface area contributed by atoms with Crippen LogP contribution in [0.25, 0.3) is 22.0 Å². The molecule has 2 aliphatic rings. The van der Waals surface area contributed by atoms with Crippen LogP contribution in [0, 0.1) is 22.9 Å². The Morgan fingerprint density at radius 2 is 1.64 bits per heavy atom. The summed E-state index contributed by atoms with van der Waals surface area (Å²) in [4.78, 5) is 33.6. The molecule has 2 aromatic carbocycles. The molecule has 0 saturated carbocycles. The number of oxime groups is 1. The molecule has 2 saturated heterocycles. The van der Waals surface area contributed by atoms with Crippen molar-refractivity contribution in [3.63, 3.8) is 0 Å². The second-order valence-corrected chi connectivity index (χ2v) is 12.8. The molecule has 3 aromatic rings. The Kier molecular flexibility index (Phi) is 10.1. The maximum absolute atomic E-state index is 15.7. The van der Waals surface area contributed by atoms with E-state index in [9.17, 15) is 40.3 Å². The van der Waals surface area contributed by atoms with E-state index in [2.05, 4.69) is 15.5 Å². The number of aromatic carboxylic acids is 1. The van der Waals surface area contributed by atoms with Crippen molar-refractivity contribution in [2.24, 2.45) is 10.6 Å². The molecule has 5 N–H and O–H groups in total. The first kappa shape index (κ1) is 34.5. The molecule has 0 amide bonds. The number of nitrogens with zero attached hydrogens (tertiary/aromatic N) is 2. The van der Waals surface area contributed by atoms with E-state index >= 15 is 4.39 Å². The second-order valence-electron chi connectivity index (χ2n) is 9.89. The SMILES string of the molecule is CON=C1CN(c2c(F)cc3c(=O)c(C(=O)O)c[nH]c3c2-c2ccc(F)cc2F)CC12CNC2.CS(=O)(=O)O.CS(=O)(=O)O. The van der Waals surface area contributed by atoms with Crippen molar-refractivity contribution in [1.82, 2.24) is 10.3 Å². The van der Waals surface area contributed by atoms with Gasteiger partial charge in [-0.15, -0.1) is 0 Å². The lowest BCUT2D eigenvalue weighted by atomic mass is 9.79. The lowest BCUT2D eigenvalue weighted by Crippen LogP contribution is -2.58. The smallest absolute Gasteiger partial charge is 0.341 e. The molecule has 3 heterocycles. The first-order valence-corrected chi connectivity index (χ1v) is 15.9.